The predicted octanol–water partition coefficient (Wildman–Crippen LogP) is 15.3. The molecule has 0 unspecified atom stereocenters. The van der Waals surface area contributed by atoms with Gasteiger partial charge in [0, 0.05) is 68.1 Å². The first-order chi connectivity index (χ1) is 25.5. The summed E-state index contributed by atoms with van der Waals surface area (Å²) >= 11 is 3.79. The molecule has 0 spiro atoms. The summed E-state index contributed by atoms with van der Waals surface area (Å²) in [5.41, 5.74) is 5.68. The number of aliphatic hydroxyl groups excluding tert-OH is 1. The smallest absolute Gasteiger partial charge is 0.164 e. The molecule has 6 aromatic rings. The average molecular weight is 951 g/mol. The molecule has 1 radical (unpaired) electrons. The fraction of sp³-hybridized carbons (Fsp3) is 0.429. The molecule has 3 nitrogen and oxygen atoms in total. The molecule has 295 valence electrons. The van der Waals surface area contributed by atoms with Crippen molar-refractivity contribution in [2.75, 3.05) is 0 Å². The topological polar surface area (TPSA) is 50.2 Å². The number of aryl methyl sites for hydroxylation is 1. The number of hydrogen-bond acceptors (Lipinski definition) is 5. The van der Waals surface area contributed by atoms with Crippen LogP contribution in [0, 0.1) is 29.7 Å². The zero-order valence-electron chi connectivity index (χ0n) is 35.0. The van der Waals surface area contributed by atoms with Crippen molar-refractivity contribution < 1.29 is 30.0 Å². The number of hydrogen-bond donors (Lipinski definition) is 1. The van der Waals surface area contributed by atoms with Crippen LogP contribution in [0.1, 0.15) is 119 Å². The van der Waals surface area contributed by atoms with Gasteiger partial charge in [0.2, 0.25) is 0 Å². The van der Waals surface area contributed by atoms with Gasteiger partial charge in [-0.05, 0) is 90.5 Å². The average Bonchev–Trinajstić information content (AvgIpc) is 3.73. The van der Waals surface area contributed by atoms with Gasteiger partial charge in [-0.25, -0.2) is 0 Å². The maximum Gasteiger partial charge on any atom is 0.164 e. The van der Waals surface area contributed by atoms with Crippen LogP contribution in [0.25, 0.3) is 52.0 Å². The van der Waals surface area contributed by atoms with Crippen molar-refractivity contribution >= 4 is 59.4 Å². The van der Waals surface area contributed by atoms with E-state index in [1.807, 2.05) is 70.4 Å². The molecular formula is C49H60IrNO2S2-. The van der Waals surface area contributed by atoms with E-state index in [4.69, 9.17) is 4.98 Å². The third-order valence-electron chi connectivity index (χ3n) is 11.7. The number of aromatic nitrogens is 1. The van der Waals surface area contributed by atoms with E-state index in [1.165, 1.54) is 58.1 Å². The van der Waals surface area contributed by atoms with Gasteiger partial charge in [-0.15, -0.1) is 51.8 Å². The van der Waals surface area contributed by atoms with Crippen LogP contribution >= 0.6 is 22.7 Å². The molecule has 0 aliphatic rings. The van der Waals surface area contributed by atoms with E-state index in [0.717, 1.165) is 48.7 Å². The Morgan fingerprint density at radius 2 is 1.51 bits per heavy atom. The van der Waals surface area contributed by atoms with Crippen molar-refractivity contribution in [1.29, 1.82) is 0 Å². The minimum absolute atomic E-state index is 0. The Hall–Kier alpha value is -3.15. The first-order valence-electron chi connectivity index (χ1n) is 19.8. The summed E-state index contributed by atoms with van der Waals surface area (Å²) in [5, 5.41) is 15.2. The van der Waals surface area contributed by atoms with Crippen LogP contribution in [0.2, 0.25) is 0 Å². The van der Waals surface area contributed by atoms with Crippen molar-refractivity contribution in [1.82, 2.24) is 4.98 Å². The zero-order valence-corrected chi connectivity index (χ0v) is 39.0. The number of rotatable bonds is 11. The minimum Gasteiger partial charge on any atom is -0.512 e. The third-order valence-corrected chi connectivity index (χ3v) is 14.3. The van der Waals surface area contributed by atoms with Crippen molar-refractivity contribution in [2.45, 2.75) is 121 Å². The standard InChI is InChI=1S/C34H32NS2.C15H28O2.Ir/c1-20(2)15-22-11-12-26-21(3)32(36-29(26)16-22)30-19-24-13-14-35-31(33(24)37-30)25-17-23-9-7-8-10-27(23)28(18-25)34(4,5)6;1-7-14(5,8-2)12(16)11-13(17)15(6,9-3)10-4;/h7-14,16,18-20H,15H2,1-6H3;11,16H,7-10H2,1-6H3;/q-1;;/b;12-11-;. The van der Waals surface area contributed by atoms with Gasteiger partial charge in [0.25, 0.3) is 0 Å². The Kier molecular flexibility index (Phi) is 14.6. The molecule has 6 heteroatoms. The van der Waals surface area contributed by atoms with Crippen LogP contribution in [-0.2, 0) is 36.7 Å². The van der Waals surface area contributed by atoms with Gasteiger partial charge < -0.3 is 5.11 Å². The van der Waals surface area contributed by atoms with Gasteiger partial charge in [-0.1, -0.05) is 117 Å². The third kappa shape index (κ3) is 9.53. The quantitative estimate of drug-likeness (QED) is 0.0800. The zero-order chi connectivity index (χ0) is 39.6. The van der Waals surface area contributed by atoms with Gasteiger partial charge in [-0.2, -0.15) is 0 Å². The molecule has 0 aliphatic carbocycles. The molecule has 0 bridgehead atoms. The summed E-state index contributed by atoms with van der Waals surface area (Å²) in [5.74, 6) is 0.950. The number of pyridine rings is 1. The minimum atomic E-state index is -0.337. The summed E-state index contributed by atoms with van der Waals surface area (Å²) < 4.78 is 2.63. The van der Waals surface area contributed by atoms with Crippen LogP contribution in [0.5, 0.6) is 0 Å². The van der Waals surface area contributed by atoms with E-state index >= 15 is 0 Å². The number of carbonyl (C=O) groups excluding carboxylic acids is 1. The number of ketones is 1. The number of nitrogens with zero attached hydrogens (tertiary/aromatic N) is 1. The second kappa shape index (κ2) is 18.0. The van der Waals surface area contributed by atoms with E-state index in [1.54, 1.807) is 0 Å². The van der Waals surface area contributed by atoms with E-state index in [9.17, 15) is 9.90 Å². The van der Waals surface area contributed by atoms with Crippen LogP contribution in [-0.4, -0.2) is 15.9 Å². The van der Waals surface area contributed by atoms with Crippen LogP contribution in [0.3, 0.4) is 0 Å². The maximum atomic E-state index is 12.2. The maximum absolute atomic E-state index is 12.2. The van der Waals surface area contributed by atoms with E-state index in [-0.39, 0.29) is 47.9 Å². The summed E-state index contributed by atoms with van der Waals surface area (Å²) in [6.45, 7) is 25.8. The number of allylic oxidation sites excluding steroid dienone is 2. The normalized spacial score (nSPS) is 12.6. The largest absolute Gasteiger partial charge is 0.512 e. The summed E-state index contributed by atoms with van der Waals surface area (Å²) in [7, 11) is 0. The van der Waals surface area contributed by atoms with Crippen LogP contribution in [0.4, 0.5) is 0 Å². The molecule has 0 saturated heterocycles. The molecule has 0 aliphatic heterocycles. The van der Waals surface area contributed by atoms with Crippen LogP contribution in [0.15, 0.2) is 78.7 Å². The number of carbonyl (C=O) groups is 1. The summed E-state index contributed by atoms with van der Waals surface area (Å²) in [6.07, 6.45) is 7.83. The van der Waals surface area contributed by atoms with Gasteiger partial charge >= 0.3 is 0 Å². The SMILES string of the molecule is CCC(C)(CC)C(=O)/C=C(\O)C(C)(CC)CC.Cc1c(-c2cc3ccnc(-c4[c-]c5ccccc5c(C(C)(C)C)c4)c3s2)sc2cc(CC(C)C)ccc12.[Ir]. The van der Waals surface area contributed by atoms with Gasteiger partial charge in [0.05, 0.1) is 0 Å². The molecule has 3 aromatic heterocycles. The van der Waals surface area contributed by atoms with Gasteiger partial charge in [0.1, 0.15) is 5.76 Å². The van der Waals surface area contributed by atoms with Crippen LogP contribution < -0.4 is 0 Å². The van der Waals surface area contributed by atoms with E-state index < -0.39 is 0 Å². The molecule has 0 amide bonds. The molecule has 3 aromatic carbocycles. The molecular weight excluding hydrogens is 891 g/mol. The monoisotopic (exact) mass is 951 g/mol. The molecule has 3 heterocycles. The Labute approximate surface area is 352 Å². The van der Waals surface area contributed by atoms with Crippen molar-refractivity contribution in [3.05, 3.63) is 101 Å². The molecule has 6 rings (SSSR count). The van der Waals surface area contributed by atoms with Gasteiger partial charge in [0.15, 0.2) is 5.78 Å². The second-order valence-corrected chi connectivity index (χ2v) is 19.1. The van der Waals surface area contributed by atoms with Crippen molar-refractivity contribution in [3.63, 3.8) is 0 Å². The first-order valence-corrected chi connectivity index (χ1v) is 21.4. The number of aliphatic hydroxyl groups is 1. The molecule has 55 heavy (non-hydrogen) atoms. The summed E-state index contributed by atoms with van der Waals surface area (Å²) in [4.78, 5) is 19.8. The van der Waals surface area contributed by atoms with Crippen molar-refractivity contribution in [2.24, 2.45) is 16.7 Å². The van der Waals surface area contributed by atoms with E-state index in [2.05, 4.69) is 108 Å². The molecule has 0 atom stereocenters. The second-order valence-electron chi connectivity index (χ2n) is 17.0. The summed E-state index contributed by atoms with van der Waals surface area (Å²) in [6, 6.07) is 26.1. The number of thiophene rings is 2. The first kappa shape index (κ1) is 44.6. The molecule has 0 saturated carbocycles. The Bertz CT molecular complexity index is 2290. The fourth-order valence-corrected chi connectivity index (χ4v) is 9.62. The Morgan fingerprint density at radius 3 is 2.13 bits per heavy atom. The Morgan fingerprint density at radius 1 is 0.855 bits per heavy atom. The van der Waals surface area contributed by atoms with E-state index in [0.29, 0.717) is 5.92 Å². The fourth-order valence-electron chi connectivity index (χ4n) is 7.03. The molecule has 1 N–H and O–H groups in total. The van der Waals surface area contributed by atoms with Gasteiger partial charge in [-0.3, -0.25) is 9.78 Å². The molecule has 0 fully saturated rings. The van der Waals surface area contributed by atoms with Crippen molar-refractivity contribution in [3.8, 4) is 21.0 Å². The number of benzene rings is 3. The predicted molar refractivity (Wildman–Crippen MR) is 237 cm³/mol. The Balaban J connectivity index is 0.000000320. The number of fused-ring (bicyclic) bond motifs is 3.